The summed E-state index contributed by atoms with van der Waals surface area (Å²) in [4.78, 5) is 0. The third-order valence-electron chi connectivity index (χ3n) is 1.47. The summed E-state index contributed by atoms with van der Waals surface area (Å²) in [5, 5.41) is 20.6. The van der Waals surface area contributed by atoms with Crippen molar-refractivity contribution >= 4 is 11.4 Å². The molecule has 0 radical (unpaired) electrons. The number of nitrogens with two attached hydrogens (primary N) is 1. The van der Waals surface area contributed by atoms with E-state index in [4.69, 9.17) is 10.8 Å². The third kappa shape index (κ3) is 2.03. The average Bonchev–Trinajstić information content (AvgIpc) is 2.07. The molecule has 0 saturated heterocycles. The number of aliphatic hydroxyl groups is 1. The first-order valence-corrected chi connectivity index (χ1v) is 3.67. The van der Waals surface area contributed by atoms with Crippen LogP contribution < -0.4 is 11.1 Å². The lowest BCUT2D eigenvalue weighted by Gasteiger charge is -2.05. The molecule has 0 aliphatic rings. The molecular weight excluding hydrogens is 156 g/mol. The molecule has 1 aromatic carbocycles. The van der Waals surface area contributed by atoms with Crippen LogP contribution in [0.1, 0.15) is 0 Å². The van der Waals surface area contributed by atoms with Gasteiger partial charge < -0.3 is 21.3 Å². The highest BCUT2D eigenvalue weighted by Gasteiger charge is 1.96. The minimum atomic E-state index is 0.0536. The van der Waals surface area contributed by atoms with E-state index >= 15 is 0 Å². The number of nitrogens with one attached hydrogen (secondary N) is 1. The van der Waals surface area contributed by atoms with Crippen LogP contribution in [0, 0.1) is 0 Å². The number of hydrogen-bond acceptors (Lipinski definition) is 4. The number of aromatic hydroxyl groups is 1. The maximum absolute atomic E-state index is 9.17. The molecule has 5 N–H and O–H groups in total. The van der Waals surface area contributed by atoms with Gasteiger partial charge in [-0.05, 0) is 12.1 Å². The fraction of sp³-hybridized carbons (Fsp3) is 0.250. The normalized spacial score (nSPS) is 9.75. The lowest BCUT2D eigenvalue weighted by Crippen LogP contribution is -2.05. The van der Waals surface area contributed by atoms with Gasteiger partial charge in [-0.1, -0.05) is 0 Å². The van der Waals surface area contributed by atoms with Crippen molar-refractivity contribution in [1.29, 1.82) is 0 Å². The molecule has 66 valence electrons. The predicted molar refractivity (Wildman–Crippen MR) is 48.1 cm³/mol. The number of aliphatic hydroxyl groups excluding tert-OH is 1. The standard InChI is InChI=1S/C8H12N2O2/c9-7-2-1-6(5-8(7)12)10-3-4-11/h1-2,5,10-12H,3-4,9H2. The SMILES string of the molecule is Nc1ccc(NCCO)cc1O. The second-order valence-corrected chi connectivity index (χ2v) is 2.42. The van der Waals surface area contributed by atoms with Crippen LogP contribution in [0.2, 0.25) is 0 Å². The summed E-state index contributed by atoms with van der Waals surface area (Å²) >= 11 is 0. The lowest BCUT2D eigenvalue weighted by atomic mass is 10.2. The molecule has 0 aliphatic heterocycles. The Morgan fingerprint density at radius 3 is 2.75 bits per heavy atom. The second kappa shape index (κ2) is 3.82. The minimum Gasteiger partial charge on any atom is -0.506 e. The van der Waals surface area contributed by atoms with E-state index in [0.29, 0.717) is 12.2 Å². The molecule has 4 heteroatoms. The maximum Gasteiger partial charge on any atom is 0.140 e. The molecule has 0 unspecified atom stereocenters. The van der Waals surface area contributed by atoms with Crippen LogP contribution in [0.25, 0.3) is 0 Å². The molecule has 0 aromatic heterocycles. The van der Waals surface area contributed by atoms with Gasteiger partial charge in [0.1, 0.15) is 5.75 Å². The molecule has 0 saturated carbocycles. The van der Waals surface area contributed by atoms with E-state index in [0.717, 1.165) is 5.69 Å². The summed E-state index contributed by atoms with van der Waals surface area (Å²) in [6.07, 6.45) is 0. The molecule has 0 atom stereocenters. The van der Waals surface area contributed by atoms with Crippen LogP contribution in [0.4, 0.5) is 11.4 Å². The zero-order valence-corrected chi connectivity index (χ0v) is 6.62. The molecule has 4 nitrogen and oxygen atoms in total. The predicted octanol–water partition coefficient (Wildman–Crippen LogP) is 0.379. The molecule has 0 heterocycles. The van der Waals surface area contributed by atoms with E-state index in [1.165, 1.54) is 6.07 Å². The lowest BCUT2D eigenvalue weighted by molar-refractivity contribution is 0.311. The molecule has 12 heavy (non-hydrogen) atoms. The Bertz CT molecular complexity index is 263. The first kappa shape index (κ1) is 8.67. The van der Waals surface area contributed by atoms with Gasteiger partial charge in [-0.15, -0.1) is 0 Å². The Balaban J connectivity index is 2.69. The molecule has 0 amide bonds. The number of anilines is 2. The number of nitrogen functional groups attached to an aromatic ring is 1. The van der Waals surface area contributed by atoms with Crippen LogP contribution in [-0.2, 0) is 0 Å². The van der Waals surface area contributed by atoms with Crippen LogP contribution in [0.3, 0.4) is 0 Å². The molecule has 0 aliphatic carbocycles. The molecule has 0 spiro atoms. The number of rotatable bonds is 3. The van der Waals surface area contributed by atoms with E-state index in [1.807, 2.05) is 0 Å². The van der Waals surface area contributed by atoms with Crippen molar-refractivity contribution in [2.45, 2.75) is 0 Å². The minimum absolute atomic E-state index is 0.0536. The number of hydrogen-bond donors (Lipinski definition) is 4. The summed E-state index contributed by atoms with van der Waals surface area (Å²) in [7, 11) is 0. The van der Waals surface area contributed by atoms with Crippen LogP contribution >= 0.6 is 0 Å². The van der Waals surface area contributed by atoms with Gasteiger partial charge in [0.25, 0.3) is 0 Å². The summed E-state index contributed by atoms with van der Waals surface area (Å²) in [5.41, 5.74) is 6.49. The smallest absolute Gasteiger partial charge is 0.140 e. The van der Waals surface area contributed by atoms with E-state index in [1.54, 1.807) is 12.1 Å². The topological polar surface area (TPSA) is 78.5 Å². The van der Waals surface area contributed by atoms with Crippen LogP contribution in [0.5, 0.6) is 5.75 Å². The third-order valence-corrected chi connectivity index (χ3v) is 1.47. The first-order chi connectivity index (χ1) is 5.74. The van der Waals surface area contributed by atoms with Gasteiger partial charge in [-0.25, -0.2) is 0 Å². The van der Waals surface area contributed by atoms with Crippen molar-refractivity contribution in [3.8, 4) is 5.75 Å². The Morgan fingerprint density at radius 2 is 2.17 bits per heavy atom. The van der Waals surface area contributed by atoms with Crippen LogP contribution in [-0.4, -0.2) is 23.4 Å². The second-order valence-electron chi connectivity index (χ2n) is 2.42. The summed E-state index contributed by atoms with van der Waals surface area (Å²) in [6.45, 7) is 0.522. The van der Waals surface area contributed by atoms with Crippen LogP contribution in [0.15, 0.2) is 18.2 Å². The van der Waals surface area contributed by atoms with Crippen molar-refractivity contribution in [1.82, 2.24) is 0 Å². The molecule has 1 rings (SSSR count). The maximum atomic E-state index is 9.17. The molecular formula is C8H12N2O2. The molecule has 1 aromatic rings. The van der Waals surface area contributed by atoms with Crippen molar-refractivity contribution < 1.29 is 10.2 Å². The van der Waals surface area contributed by atoms with Crippen molar-refractivity contribution in [2.24, 2.45) is 0 Å². The van der Waals surface area contributed by atoms with Gasteiger partial charge in [-0.3, -0.25) is 0 Å². The molecule has 0 fully saturated rings. The summed E-state index contributed by atoms with van der Waals surface area (Å²) in [5.74, 6) is 0.0536. The zero-order chi connectivity index (χ0) is 8.97. The van der Waals surface area contributed by atoms with E-state index in [9.17, 15) is 5.11 Å². The Hall–Kier alpha value is -1.42. The van der Waals surface area contributed by atoms with Gasteiger partial charge in [0, 0.05) is 18.3 Å². The van der Waals surface area contributed by atoms with Gasteiger partial charge in [0.05, 0.1) is 12.3 Å². The Kier molecular flexibility index (Phi) is 2.76. The van der Waals surface area contributed by atoms with Crippen molar-refractivity contribution in [3.63, 3.8) is 0 Å². The van der Waals surface area contributed by atoms with Gasteiger partial charge in [0.15, 0.2) is 0 Å². The zero-order valence-electron chi connectivity index (χ0n) is 6.62. The summed E-state index contributed by atoms with van der Waals surface area (Å²) < 4.78 is 0. The Labute approximate surface area is 70.6 Å². The largest absolute Gasteiger partial charge is 0.506 e. The van der Waals surface area contributed by atoms with Gasteiger partial charge in [0.2, 0.25) is 0 Å². The first-order valence-electron chi connectivity index (χ1n) is 3.67. The van der Waals surface area contributed by atoms with Crippen molar-refractivity contribution in [3.05, 3.63) is 18.2 Å². The fourth-order valence-corrected chi connectivity index (χ4v) is 0.854. The Morgan fingerprint density at radius 1 is 1.42 bits per heavy atom. The highest BCUT2D eigenvalue weighted by Crippen LogP contribution is 2.23. The highest BCUT2D eigenvalue weighted by molar-refractivity contribution is 5.60. The number of phenolic OH excluding ortho intramolecular Hbond substituents is 1. The van der Waals surface area contributed by atoms with E-state index in [-0.39, 0.29) is 12.4 Å². The fourth-order valence-electron chi connectivity index (χ4n) is 0.854. The van der Waals surface area contributed by atoms with Gasteiger partial charge in [-0.2, -0.15) is 0 Å². The van der Waals surface area contributed by atoms with Gasteiger partial charge >= 0.3 is 0 Å². The summed E-state index contributed by atoms with van der Waals surface area (Å²) in [6, 6.07) is 4.87. The quantitative estimate of drug-likeness (QED) is 0.388. The van der Waals surface area contributed by atoms with E-state index in [2.05, 4.69) is 5.32 Å². The number of benzene rings is 1. The molecule has 0 bridgehead atoms. The monoisotopic (exact) mass is 168 g/mol. The highest BCUT2D eigenvalue weighted by atomic mass is 16.3. The van der Waals surface area contributed by atoms with E-state index < -0.39 is 0 Å². The average molecular weight is 168 g/mol. The number of phenols is 1. The van der Waals surface area contributed by atoms with Crippen molar-refractivity contribution in [2.75, 3.05) is 24.2 Å².